The fraction of sp³-hybridized carbons (Fsp3) is 0.450. The third-order valence-corrected chi connectivity index (χ3v) is 4.52. The van der Waals surface area contributed by atoms with Crippen molar-refractivity contribution in [3.8, 4) is 0 Å². The van der Waals surface area contributed by atoms with E-state index in [4.69, 9.17) is 18.9 Å². The molecule has 1 aromatic carbocycles. The minimum Gasteiger partial charge on any atom is -0.462 e. The second kappa shape index (κ2) is 8.98. The van der Waals surface area contributed by atoms with Crippen molar-refractivity contribution in [3.63, 3.8) is 0 Å². The van der Waals surface area contributed by atoms with E-state index in [-0.39, 0.29) is 24.3 Å². The van der Waals surface area contributed by atoms with Crippen LogP contribution in [-0.4, -0.2) is 43.5 Å². The monoisotopic (exact) mass is 359 g/mol. The zero-order valence-corrected chi connectivity index (χ0v) is 15.1. The number of esters is 1. The predicted molar refractivity (Wildman–Crippen MR) is 95.9 cm³/mol. The van der Waals surface area contributed by atoms with Gasteiger partial charge in [0.05, 0.1) is 37.6 Å². The molecule has 0 bridgehead atoms. The largest absolute Gasteiger partial charge is 0.462 e. The molecule has 0 saturated carbocycles. The fourth-order valence-electron chi connectivity index (χ4n) is 3.21. The molecule has 0 spiro atoms. The van der Waals surface area contributed by atoms with Crippen molar-refractivity contribution in [2.24, 2.45) is 0 Å². The standard InChI is InChI=1S/C20H25NO5/c1-3-25-20(22)16-11-21-10-15(16)17-9-18(23-2)19(26-17)13-24-12-14-7-5-4-6-8-14/h4-8,10-11,17-19,21H,3,9,12-13H2,1-2H3/t17-,18-,19+/m1/s1. The van der Waals surface area contributed by atoms with Crippen LogP contribution in [0.1, 0.15) is 40.9 Å². The van der Waals surface area contributed by atoms with Gasteiger partial charge in [-0.15, -0.1) is 0 Å². The second-order valence-electron chi connectivity index (χ2n) is 6.22. The van der Waals surface area contributed by atoms with Crippen LogP contribution in [0.15, 0.2) is 42.7 Å². The molecule has 0 aliphatic carbocycles. The van der Waals surface area contributed by atoms with Crippen LogP contribution >= 0.6 is 0 Å². The van der Waals surface area contributed by atoms with Crippen LogP contribution in [0.3, 0.4) is 0 Å². The summed E-state index contributed by atoms with van der Waals surface area (Å²) in [5.41, 5.74) is 2.43. The van der Waals surface area contributed by atoms with Crippen LogP contribution < -0.4 is 0 Å². The number of aromatic amines is 1. The summed E-state index contributed by atoms with van der Waals surface area (Å²) in [7, 11) is 1.67. The number of carbonyl (C=O) groups excluding carboxylic acids is 1. The summed E-state index contributed by atoms with van der Waals surface area (Å²) in [5.74, 6) is -0.343. The maximum atomic E-state index is 12.1. The molecule has 1 aliphatic rings. The lowest BCUT2D eigenvalue weighted by Crippen LogP contribution is -2.28. The van der Waals surface area contributed by atoms with Gasteiger partial charge in [-0.3, -0.25) is 0 Å². The van der Waals surface area contributed by atoms with E-state index in [0.717, 1.165) is 11.1 Å². The van der Waals surface area contributed by atoms with Crippen molar-refractivity contribution >= 4 is 5.97 Å². The average Bonchev–Trinajstić information content (AvgIpc) is 3.29. The zero-order valence-electron chi connectivity index (χ0n) is 15.1. The summed E-state index contributed by atoms with van der Waals surface area (Å²) < 4.78 is 22.6. The maximum absolute atomic E-state index is 12.1. The highest BCUT2D eigenvalue weighted by Gasteiger charge is 2.38. The number of nitrogens with one attached hydrogen (secondary N) is 1. The van der Waals surface area contributed by atoms with E-state index in [1.165, 1.54) is 0 Å². The SMILES string of the molecule is CCOC(=O)c1c[nH]cc1[C@H]1C[C@@H](OC)[C@H](COCc2ccccc2)O1. The molecule has 26 heavy (non-hydrogen) atoms. The number of H-pyrrole nitrogens is 1. The summed E-state index contributed by atoms with van der Waals surface area (Å²) in [5, 5.41) is 0. The Balaban J connectivity index is 1.60. The Hall–Kier alpha value is -2.15. The highest BCUT2D eigenvalue weighted by molar-refractivity contribution is 5.91. The highest BCUT2D eigenvalue weighted by Crippen LogP contribution is 2.36. The molecule has 2 heterocycles. The number of ether oxygens (including phenoxy) is 4. The van der Waals surface area contributed by atoms with Crippen LogP contribution in [-0.2, 0) is 25.6 Å². The van der Waals surface area contributed by atoms with E-state index < -0.39 is 0 Å². The predicted octanol–water partition coefficient (Wildman–Crippen LogP) is 3.25. The first-order chi connectivity index (χ1) is 12.7. The summed E-state index contributed by atoms with van der Waals surface area (Å²) in [6, 6.07) is 10.0. The van der Waals surface area contributed by atoms with Gasteiger partial charge in [-0.05, 0) is 12.5 Å². The van der Waals surface area contributed by atoms with Crippen molar-refractivity contribution in [2.75, 3.05) is 20.3 Å². The molecule has 3 rings (SSSR count). The number of methoxy groups -OCH3 is 1. The first kappa shape index (κ1) is 18.6. The van der Waals surface area contributed by atoms with Gasteiger partial charge in [0.15, 0.2) is 0 Å². The smallest absolute Gasteiger partial charge is 0.340 e. The van der Waals surface area contributed by atoms with E-state index in [1.807, 2.05) is 30.3 Å². The molecule has 0 unspecified atom stereocenters. The van der Waals surface area contributed by atoms with Gasteiger partial charge in [-0.2, -0.15) is 0 Å². The van der Waals surface area contributed by atoms with Crippen molar-refractivity contribution in [3.05, 3.63) is 59.4 Å². The molecule has 1 aliphatic heterocycles. The molecular weight excluding hydrogens is 334 g/mol. The van der Waals surface area contributed by atoms with E-state index >= 15 is 0 Å². The molecule has 6 nitrogen and oxygen atoms in total. The second-order valence-corrected chi connectivity index (χ2v) is 6.22. The lowest BCUT2D eigenvalue weighted by Gasteiger charge is -2.17. The minimum atomic E-state index is -0.343. The Morgan fingerprint density at radius 1 is 1.27 bits per heavy atom. The summed E-state index contributed by atoms with van der Waals surface area (Å²) in [6.07, 6.45) is 3.62. The molecule has 140 valence electrons. The summed E-state index contributed by atoms with van der Waals surface area (Å²) >= 11 is 0. The highest BCUT2D eigenvalue weighted by atomic mass is 16.6. The lowest BCUT2D eigenvalue weighted by atomic mass is 10.0. The van der Waals surface area contributed by atoms with Crippen LogP contribution in [0, 0.1) is 0 Å². The lowest BCUT2D eigenvalue weighted by molar-refractivity contribution is -0.0581. The molecule has 2 aromatic rings. The van der Waals surface area contributed by atoms with Gasteiger partial charge in [0.2, 0.25) is 0 Å². The van der Waals surface area contributed by atoms with Crippen molar-refractivity contribution in [1.82, 2.24) is 4.98 Å². The van der Waals surface area contributed by atoms with E-state index in [0.29, 0.717) is 31.8 Å². The molecular formula is C20H25NO5. The topological polar surface area (TPSA) is 69.8 Å². The molecule has 1 fully saturated rings. The van der Waals surface area contributed by atoms with Crippen molar-refractivity contribution < 1.29 is 23.7 Å². The Morgan fingerprint density at radius 3 is 2.81 bits per heavy atom. The molecule has 6 heteroatoms. The fourth-order valence-corrected chi connectivity index (χ4v) is 3.21. The van der Waals surface area contributed by atoms with Crippen LogP contribution in [0.5, 0.6) is 0 Å². The normalized spacial score (nSPS) is 22.5. The summed E-state index contributed by atoms with van der Waals surface area (Å²) in [6.45, 7) is 3.09. The van der Waals surface area contributed by atoms with Crippen LogP contribution in [0.2, 0.25) is 0 Å². The zero-order chi connectivity index (χ0) is 18.4. The molecule has 1 aromatic heterocycles. The first-order valence-electron chi connectivity index (χ1n) is 8.86. The minimum absolute atomic E-state index is 0.0827. The molecule has 0 radical (unpaired) electrons. The molecule has 3 atom stereocenters. The maximum Gasteiger partial charge on any atom is 0.340 e. The quantitative estimate of drug-likeness (QED) is 0.733. The number of rotatable bonds is 8. The molecule has 0 amide bonds. The van der Waals surface area contributed by atoms with E-state index in [1.54, 1.807) is 26.4 Å². The van der Waals surface area contributed by atoms with Gasteiger partial charge < -0.3 is 23.9 Å². The number of carbonyl (C=O) groups is 1. The van der Waals surface area contributed by atoms with Gasteiger partial charge in [0, 0.05) is 31.5 Å². The Labute approximate surface area is 153 Å². The molecule has 1 N–H and O–H groups in total. The van der Waals surface area contributed by atoms with Crippen molar-refractivity contribution in [2.45, 2.75) is 38.3 Å². The Bertz CT molecular complexity index is 699. The third kappa shape index (κ3) is 4.33. The number of hydrogen-bond donors (Lipinski definition) is 1. The number of benzene rings is 1. The van der Waals surface area contributed by atoms with Gasteiger partial charge in [-0.1, -0.05) is 30.3 Å². The van der Waals surface area contributed by atoms with Gasteiger partial charge in [-0.25, -0.2) is 4.79 Å². The van der Waals surface area contributed by atoms with E-state index in [2.05, 4.69) is 4.98 Å². The van der Waals surface area contributed by atoms with Crippen molar-refractivity contribution in [1.29, 1.82) is 0 Å². The van der Waals surface area contributed by atoms with Crippen LogP contribution in [0.25, 0.3) is 0 Å². The summed E-state index contributed by atoms with van der Waals surface area (Å²) in [4.78, 5) is 15.1. The first-order valence-corrected chi connectivity index (χ1v) is 8.86. The van der Waals surface area contributed by atoms with Gasteiger partial charge in [0.25, 0.3) is 0 Å². The van der Waals surface area contributed by atoms with Gasteiger partial charge in [0.1, 0.15) is 6.10 Å². The molecule has 1 saturated heterocycles. The van der Waals surface area contributed by atoms with Crippen LogP contribution in [0.4, 0.5) is 0 Å². The Kier molecular flexibility index (Phi) is 6.44. The number of aromatic nitrogens is 1. The number of hydrogen-bond acceptors (Lipinski definition) is 5. The Morgan fingerprint density at radius 2 is 2.08 bits per heavy atom. The van der Waals surface area contributed by atoms with Gasteiger partial charge >= 0.3 is 5.97 Å². The van der Waals surface area contributed by atoms with E-state index in [9.17, 15) is 4.79 Å². The third-order valence-electron chi connectivity index (χ3n) is 4.52. The average molecular weight is 359 g/mol.